The van der Waals surface area contributed by atoms with Gasteiger partial charge in [-0.25, -0.2) is 9.59 Å². The number of nitrogens with one attached hydrogen (secondary N) is 1. The number of fused-ring (bicyclic) bond motifs is 3. The minimum atomic E-state index is -1.03. The standard InChI is InChI=1S/C27H32N2O5S/c1-5-22-29(21(15-35-22)25(31)32)24(30)23(27(2,3)4)28-26(33)34-14-20-18-12-8-6-10-16(18)17-11-7-9-13-19(17)20/h6-13,20-23H,5,14-15H2,1-4H3,(H,28,33)(H,31,32)/t21?,22?,23-/m1/s1. The fraction of sp³-hybridized carbons (Fsp3) is 0.444. The summed E-state index contributed by atoms with van der Waals surface area (Å²) in [4.78, 5) is 39.7. The minimum Gasteiger partial charge on any atom is -0.480 e. The number of carbonyl (C=O) groups is 3. The fourth-order valence-corrected chi connectivity index (χ4v) is 6.27. The second-order valence-corrected chi connectivity index (χ2v) is 11.3. The van der Waals surface area contributed by atoms with Gasteiger partial charge in [-0.2, -0.15) is 0 Å². The smallest absolute Gasteiger partial charge is 0.407 e. The van der Waals surface area contributed by atoms with Gasteiger partial charge in [0.25, 0.3) is 0 Å². The molecule has 186 valence electrons. The molecule has 0 bridgehead atoms. The van der Waals surface area contributed by atoms with E-state index < -0.39 is 35.5 Å². The van der Waals surface area contributed by atoms with Crippen molar-refractivity contribution in [3.63, 3.8) is 0 Å². The van der Waals surface area contributed by atoms with Crippen LogP contribution in [-0.4, -0.2) is 57.8 Å². The Kier molecular flexibility index (Phi) is 7.12. The highest BCUT2D eigenvalue weighted by molar-refractivity contribution is 8.00. The summed E-state index contributed by atoms with van der Waals surface area (Å²) in [5.74, 6) is -1.18. The molecule has 1 heterocycles. The zero-order valence-electron chi connectivity index (χ0n) is 20.5. The Labute approximate surface area is 210 Å². The van der Waals surface area contributed by atoms with E-state index in [0.717, 1.165) is 22.3 Å². The summed E-state index contributed by atoms with van der Waals surface area (Å²) >= 11 is 1.46. The Morgan fingerprint density at radius 1 is 1.09 bits per heavy atom. The summed E-state index contributed by atoms with van der Waals surface area (Å²) < 4.78 is 5.66. The number of hydrogen-bond acceptors (Lipinski definition) is 5. The quantitative estimate of drug-likeness (QED) is 0.602. The molecule has 0 saturated carbocycles. The van der Waals surface area contributed by atoms with Crippen LogP contribution in [0, 0.1) is 5.41 Å². The Hall–Kier alpha value is -3.00. The maximum Gasteiger partial charge on any atom is 0.407 e. The summed E-state index contributed by atoms with van der Waals surface area (Å²) in [6.07, 6.45) is -0.0611. The van der Waals surface area contributed by atoms with Crippen LogP contribution >= 0.6 is 11.8 Å². The lowest BCUT2D eigenvalue weighted by molar-refractivity contribution is -0.151. The van der Waals surface area contributed by atoms with Gasteiger partial charge in [0.05, 0.1) is 5.37 Å². The number of alkyl carbamates (subject to hydrolysis) is 1. The normalized spacial score (nSPS) is 20.2. The summed E-state index contributed by atoms with van der Waals surface area (Å²) in [6, 6.07) is 14.3. The van der Waals surface area contributed by atoms with Crippen molar-refractivity contribution in [1.29, 1.82) is 0 Å². The molecule has 2 N–H and O–H groups in total. The van der Waals surface area contributed by atoms with Crippen LogP contribution in [-0.2, 0) is 14.3 Å². The number of aliphatic carboxylic acids is 1. The van der Waals surface area contributed by atoms with E-state index >= 15 is 0 Å². The fourth-order valence-electron chi connectivity index (χ4n) is 4.92. The van der Waals surface area contributed by atoms with E-state index in [9.17, 15) is 19.5 Å². The summed E-state index contributed by atoms with van der Waals surface area (Å²) in [5, 5.41) is 12.2. The van der Waals surface area contributed by atoms with E-state index in [1.54, 1.807) is 0 Å². The van der Waals surface area contributed by atoms with Crippen LogP contribution in [0.2, 0.25) is 0 Å². The molecule has 1 saturated heterocycles. The molecule has 1 fully saturated rings. The van der Waals surface area contributed by atoms with Crippen LogP contribution in [0.5, 0.6) is 0 Å². The van der Waals surface area contributed by atoms with Gasteiger partial charge in [0.15, 0.2) is 0 Å². The van der Waals surface area contributed by atoms with Crippen molar-refractivity contribution in [2.24, 2.45) is 5.41 Å². The molecule has 0 radical (unpaired) electrons. The molecule has 1 aliphatic heterocycles. The summed E-state index contributed by atoms with van der Waals surface area (Å²) in [7, 11) is 0. The van der Waals surface area contributed by atoms with Gasteiger partial charge in [-0.3, -0.25) is 4.79 Å². The molecule has 0 aromatic heterocycles. The molecule has 1 aliphatic carbocycles. The lowest BCUT2D eigenvalue weighted by atomic mass is 9.85. The highest BCUT2D eigenvalue weighted by atomic mass is 32.2. The van der Waals surface area contributed by atoms with Crippen LogP contribution in [0.1, 0.15) is 51.2 Å². The molecular formula is C27H32N2O5S. The average Bonchev–Trinajstić information content (AvgIpc) is 3.40. The summed E-state index contributed by atoms with van der Waals surface area (Å²) in [6.45, 7) is 7.60. The van der Waals surface area contributed by atoms with Gasteiger partial charge in [-0.1, -0.05) is 76.2 Å². The zero-order chi connectivity index (χ0) is 25.3. The third-order valence-electron chi connectivity index (χ3n) is 6.70. The van der Waals surface area contributed by atoms with Crippen molar-refractivity contribution in [2.75, 3.05) is 12.4 Å². The van der Waals surface area contributed by atoms with Gasteiger partial charge >= 0.3 is 12.1 Å². The predicted octanol–water partition coefficient (Wildman–Crippen LogP) is 4.70. The van der Waals surface area contributed by atoms with Crippen LogP contribution < -0.4 is 5.32 Å². The minimum absolute atomic E-state index is 0.0900. The van der Waals surface area contributed by atoms with Crippen LogP contribution in [0.15, 0.2) is 48.5 Å². The van der Waals surface area contributed by atoms with E-state index in [0.29, 0.717) is 12.2 Å². The molecule has 3 atom stereocenters. The molecular weight excluding hydrogens is 464 g/mol. The highest BCUT2D eigenvalue weighted by Crippen LogP contribution is 2.44. The van der Waals surface area contributed by atoms with Crippen LogP contribution in [0.3, 0.4) is 0 Å². The molecule has 2 amide bonds. The zero-order valence-corrected chi connectivity index (χ0v) is 21.3. The average molecular weight is 497 g/mol. The first-order valence-electron chi connectivity index (χ1n) is 11.9. The topological polar surface area (TPSA) is 95.9 Å². The number of amides is 2. The first-order chi connectivity index (χ1) is 16.6. The Balaban J connectivity index is 1.50. The SMILES string of the molecule is CCC1SCC(C(=O)O)N1C(=O)[C@@H](NC(=O)OCC1c2ccccc2-c2ccccc21)C(C)(C)C. The Morgan fingerprint density at radius 3 is 2.17 bits per heavy atom. The van der Waals surface area contributed by atoms with Gasteiger partial charge in [0.2, 0.25) is 5.91 Å². The lowest BCUT2D eigenvalue weighted by Crippen LogP contribution is -2.58. The monoisotopic (exact) mass is 496 g/mol. The molecule has 4 rings (SSSR count). The van der Waals surface area contributed by atoms with E-state index in [-0.39, 0.29) is 17.9 Å². The molecule has 7 nitrogen and oxygen atoms in total. The second-order valence-electron chi connectivity index (χ2n) is 10.1. The van der Waals surface area contributed by atoms with Crippen LogP contribution in [0.25, 0.3) is 11.1 Å². The van der Waals surface area contributed by atoms with Crippen LogP contribution in [0.4, 0.5) is 4.79 Å². The number of hydrogen-bond donors (Lipinski definition) is 2. The number of carboxylic acid groups (broad SMARTS) is 1. The van der Waals surface area contributed by atoms with Crippen molar-refractivity contribution < 1.29 is 24.2 Å². The largest absolute Gasteiger partial charge is 0.480 e. The number of carboxylic acids is 1. The maximum absolute atomic E-state index is 13.6. The van der Waals surface area contributed by atoms with Crippen molar-refractivity contribution in [3.8, 4) is 11.1 Å². The predicted molar refractivity (Wildman–Crippen MR) is 136 cm³/mol. The van der Waals surface area contributed by atoms with Crippen molar-refractivity contribution in [1.82, 2.24) is 10.2 Å². The first-order valence-corrected chi connectivity index (χ1v) is 13.0. The lowest BCUT2D eigenvalue weighted by Gasteiger charge is -2.36. The molecule has 2 aliphatic rings. The maximum atomic E-state index is 13.6. The van der Waals surface area contributed by atoms with E-state index in [4.69, 9.17) is 4.74 Å². The summed E-state index contributed by atoms with van der Waals surface area (Å²) in [5.41, 5.74) is 3.84. The Bertz CT molecular complexity index is 1080. The number of benzene rings is 2. The number of nitrogens with zero attached hydrogens (tertiary/aromatic N) is 1. The highest BCUT2D eigenvalue weighted by Gasteiger charge is 2.46. The Morgan fingerprint density at radius 2 is 1.66 bits per heavy atom. The third-order valence-corrected chi connectivity index (χ3v) is 8.15. The van der Waals surface area contributed by atoms with Crippen molar-refractivity contribution >= 4 is 29.7 Å². The van der Waals surface area contributed by atoms with Gasteiger partial charge < -0.3 is 20.1 Å². The number of rotatable bonds is 6. The van der Waals surface area contributed by atoms with Gasteiger partial charge in [0.1, 0.15) is 18.7 Å². The molecule has 0 spiro atoms. The van der Waals surface area contributed by atoms with Gasteiger partial charge in [-0.15, -0.1) is 11.8 Å². The third kappa shape index (κ3) is 4.89. The molecule has 35 heavy (non-hydrogen) atoms. The molecule has 2 unspecified atom stereocenters. The second kappa shape index (κ2) is 9.93. The van der Waals surface area contributed by atoms with Crippen molar-refractivity contribution in [3.05, 3.63) is 59.7 Å². The van der Waals surface area contributed by atoms with E-state index in [1.807, 2.05) is 64.1 Å². The molecule has 2 aromatic carbocycles. The number of carbonyl (C=O) groups excluding carboxylic acids is 2. The van der Waals surface area contributed by atoms with Gasteiger partial charge in [0, 0.05) is 11.7 Å². The molecule has 2 aromatic rings. The van der Waals surface area contributed by atoms with Crippen molar-refractivity contribution in [2.45, 2.75) is 57.5 Å². The van der Waals surface area contributed by atoms with Gasteiger partial charge in [-0.05, 0) is 34.1 Å². The number of thioether (sulfide) groups is 1. The first kappa shape index (κ1) is 25.1. The molecule has 8 heteroatoms. The van der Waals surface area contributed by atoms with E-state index in [1.165, 1.54) is 16.7 Å². The van der Waals surface area contributed by atoms with E-state index in [2.05, 4.69) is 17.4 Å². The number of ether oxygens (including phenoxy) is 1.